The number of anilines is 1. The van der Waals surface area contributed by atoms with Crippen LogP contribution in [0.1, 0.15) is 31.9 Å². The van der Waals surface area contributed by atoms with E-state index in [1.165, 1.54) is 6.08 Å². The van der Waals surface area contributed by atoms with Gasteiger partial charge < -0.3 is 14.8 Å². The summed E-state index contributed by atoms with van der Waals surface area (Å²) < 4.78 is 10.5. The second-order valence-electron chi connectivity index (χ2n) is 6.73. The van der Waals surface area contributed by atoms with Crippen molar-refractivity contribution < 1.29 is 14.3 Å². The molecule has 0 bridgehead atoms. The first-order valence-electron chi connectivity index (χ1n) is 8.15. The first kappa shape index (κ1) is 18.6. The topological polar surface area (TPSA) is 47.6 Å². The van der Waals surface area contributed by atoms with Gasteiger partial charge in [0.25, 0.3) is 0 Å². The molecule has 0 aliphatic heterocycles. The van der Waals surface area contributed by atoms with Crippen molar-refractivity contribution in [2.45, 2.75) is 26.2 Å². The van der Waals surface area contributed by atoms with E-state index >= 15 is 0 Å². The molecule has 0 radical (unpaired) electrons. The molecule has 2 aromatic carbocycles. The van der Waals surface area contributed by atoms with E-state index in [9.17, 15) is 4.79 Å². The molecule has 0 aliphatic rings. The number of methoxy groups -OCH3 is 2. The summed E-state index contributed by atoms with van der Waals surface area (Å²) in [5, 5.41) is 2.96. The van der Waals surface area contributed by atoms with Crippen LogP contribution in [-0.4, -0.2) is 20.1 Å². The van der Waals surface area contributed by atoms with Crippen LogP contribution in [0.4, 0.5) is 5.69 Å². The largest absolute Gasteiger partial charge is 0.493 e. The van der Waals surface area contributed by atoms with E-state index < -0.39 is 0 Å². The van der Waals surface area contributed by atoms with Gasteiger partial charge >= 0.3 is 0 Å². The Bertz CT molecular complexity index is 773. The molecule has 0 fully saturated rings. The van der Waals surface area contributed by atoms with Crippen molar-refractivity contribution >= 4 is 17.7 Å². The minimum Gasteiger partial charge on any atom is -0.493 e. The number of para-hydroxylation sites is 1. The SMILES string of the molecule is COc1ccc(/C=C\C(=O)Nc2ccccc2C(C)(C)C)cc1OC. The molecule has 0 spiro atoms. The number of ether oxygens (including phenoxy) is 2. The van der Waals surface area contributed by atoms with Crippen LogP contribution in [0, 0.1) is 0 Å². The van der Waals surface area contributed by atoms with Gasteiger partial charge in [0.2, 0.25) is 5.91 Å². The predicted molar refractivity (Wildman–Crippen MR) is 102 cm³/mol. The molecule has 0 saturated carbocycles. The van der Waals surface area contributed by atoms with Gasteiger partial charge in [-0.3, -0.25) is 4.79 Å². The highest BCUT2D eigenvalue weighted by Crippen LogP contribution is 2.30. The lowest BCUT2D eigenvalue weighted by molar-refractivity contribution is -0.111. The average molecular weight is 339 g/mol. The Kier molecular flexibility index (Phi) is 5.86. The van der Waals surface area contributed by atoms with Crippen molar-refractivity contribution in [2.75, 3.05) is 19.5 Å². The number of nitrogens with one attached hydrogen (secondary N) is 1. The van der Waals surface area contributed by atoms with E-state index in [-0.39, 0.29) is 11.3 Å². The summed E-state index contributed by atoms with van der Waals surface area (Å²) in [6.45, 7) is 6.37. The molecule has 4 heteroatoms. The second kappa shape index (κ2) is 7.88. The number of amides is 1. The summed E-state index contributed by atoms with van der Waals surface area (Å²) in [4.78, 5) is 12.3. The van der Waals surface area contributed by atoms with Gasteiger partial charge in [0.1, 0.15) is 0 Å². The van der Waals surface area contributed by atoms with E-state index in [0.717, 1.165) is 16.8 Å². The number of benzene rings is 2. The maximum atomic E-state index is 12.3. The van der Waals surface area contributed by atoms with Crippen LogP contribution in [0.5, 0.6) is 11.5 Å². The van der Waals surface area contributed by atoms with Crippen molar-refractivity contribution in [1.82, 2.24) is 0 Å². The summed E-state index contributed by atoms with van der Waals surface area (Å²) in [5.74, 6) is 1.11. The molecular weight excluding hydrogens is 314 g/mol. The van der Waals surface area contributed by atoms with E-state index in [1.54, 1.807) is 20.3 Å². The Balaban J connectivity index is 2.15. The molecule has 2 rings (SSSR count). The molecule has 1 amide bonds. The third-order valence-electron chi connectivity index (χ3n) is 3.83. The Morgan fingerprint density at radius 2 is 1.68 bits per heavy atom. The molecule has 132 valence electrons. The molecule has 4 nitrogen and oxygen atoms in total. The summed E-state index contributed by atoms with van der Waals surface area (Å²) in [6.07, 6.45) is 3.26. The van der Waals surface area contributed by atoms with Crippen LogP contribution in [0.15, 0.2) is 48.5 Å². The van der Waals surface area contributed by atoms with Crippen LogP contribution < -0.4 is 14.8 Å². The van der Waals surface area contributed by atoms with E-state index in [4.69, 9.17) is 9.47 Å². The lowest BCUT2D eigenvalue weighted by Crippen LogP contribution is -2.17. The van der Waals surface area contributed by atoms with Gasteiger partial charge in [0.05, 0.1) is 14.2 Å². The second-order valence-corrected chi connectivity index (χ2v) is 6.73. The highest BCUT2D eigenvalue weighted by molar-refractivity contribution is 6.02. The molecule has 1 N–H and O–H groups in total. The Morgan fingerprint density at radius 3 is 2.32 bits per heavy atom. The van der Waals surface area contributed by atoms with Gasteiger partial charge in [0.15, 0.2) is 11.5 Å². The molecule has 0 atom stereocenters. The van der Waals surface area contributed by atoms with Crippen LogP contribution in [0.25, 0.3) is 6.08 Å². The minimum atomic E-state index is -0.175. The summed E-state index contributed by atoms with van der Waals surface area (Å²) in [5.41, 5.74) is 2.74. The fourth-order valence-electron chi connectivity index (χ4n) is 2.55. The summed E-state index contributed by atoms with van der Waals surface area (Å²) in [7, 11) is 3.18. The lowest BCUT2D eigenvalue weighted by Gasteiger charge is -2.22. The van der Waals surface area contributed by atoms with Crippen molar-refractivity contribution in [3.05, 3.63) is 59.7 Å². The zero-order chi connectivity index (χ0) is 18.4. The van der Waals surface area contributed by atoms with Gasteiger partial charge in [-0.1, -0.05) is 45.0 Å². The summed E-state index contributed by atoms with van der Waals surface area (Å²) >= 11 is 0. The number of hydrogen-bond donors (Lipinski definition) is 1. The third kappa shape index (κ3) is 4.86. The standard InChI is InChI=1S/C21H25NO3/c1-21(2,3)16-8-6-7-9-17(16)22-20(23)13-11-15-10-12-18(24-4)19(14-15)25-5/h6-14H,1-5H3,(H,22,23)/b13-11-. The van der Waals surface area contributed by atoms with Crippen LogP contribution in [0.2, 0.25) is 0 Å². The molecule has 0 aliphatic carbocycles. The molecule has 25 heavy (non-hydrogen) atoms. The predicted octanol–water partition coefficient (Wildman–Crippen LogP) is 4.65. The van der Waals surface area contributed by atoms with Crippen LogP contribution in [0.3, 0.4) is 0 Å². The van der Waals surface area contributed by atoms with E-state index in [0.29, 0.717) is 11.5 Å². The van der Waals surface area contributed by atoms with Gasteiger partial charge in [0, 0.05) is 11.8 Å². The zero-order valence-corrected chi connectivity index (χ0v) is 15.4. The molecule has 0 unspecified atom stereocenters. The van der Waals surface area contributed by atoms with Crippen molar-refractivity contribution in [2.24, 2.45) is 0 Å². The van der Waals surface area contributed by atoms with Crippen LogP contribution in [-0.2, 0) is 10.2 Å². The van der Waals surface area contributed by atoms with Crippen LogP contribution >= 0.6 is 0 Å². The number of carbonyl (C=O) groups is 1. The normalized spacial score (nSPS) is 11.4. The van der Waals surface area contributed by atoms with Gasteiger partial charge in [-0.25, -0.2) is 0 Å². The smallest absolute Gasteiger partial charge is 0.248 e. The zero-order valence-electron chi connectivity index (χ0n) is 15.4. The Morgan fingerprint density at radius 1 is 1.00 bits per heavy atom. The Labute approximate surface area is 149 Å². The van der Waals surface area contributed by atoms with Crippen molar-refractivity contribution in [3.8, 4) is 11.5 Å². The lowest BCUT2D eigenvalue weighted by atomic mass is 9.86. The van der Waals surface area contributed by atoms with Gasteiger partial charge in [-0.2, -0.15) is 0 Å². The van der Waals surface area contributed by atoms with Crippen molar-refractivity contribution in [3.63, 3.8) is 0 Å². The molecular formula is C21H25NO3. The third-order valence-corrected chi connectivity index (χ3v) is 3.83. The highest BCUT2D eigenvalue weighted by Gasteiger charge is 2.17. The maximum absolute atomic E-state index is 12.3. The maximum Gasteiger partial charge on any atom is 0.248 e. The Hall–Kier alpha value is -2.75. The fraction of sp³-hybridized carbons (Fsp3) is 0.286. The molecule has 0 heterocycles. The molecule has 0 aromatic heterocycles. The van der Waals surface area contributed by atoms with Crippen molar-refractivity contribution in [1.29, 1.82) is 0 Å². The number of hydrogen-bond acceptors (Lipinski definition) is 3. The quantitative estimate of drug-likeness (QED) is 0.806. The highest BCUT2D eigenvalue weighted by atomic mass is 16.5. The van der Waals surface area contributed by atoms with Gasteiger partial charge in [-0.05, 0) is 40.8 Å². The monoisotopic (exact) mass is 339 g/mol. The molecule has 0 saturated heterocycles. The summed E-state index contributed by atoms with van der Waals surface area (Å²) in [6, 6.07) is 13.4. The fourth-order valence-corrected chi connectivity index (χ4v) is 2.55. The van der Waals surface area contributed by atoms with E-state index in [2.05, 4.69) is 26.1 Å². The minimum absolute atomic E-state index is 0.0447. The first-order chi connectivity index (χ1) is 11.8. The molecule has 2 aromatic rings. The van der Waals surface area contributed by atoms with Gasteiger partial charge in [-0.15, -0.1) is 0 Å². The average Bonchev–Trinajstić information content (AvgIpc) is 2.59. The van der Waals surface area contributed by atoms with E-state index in [1.807, 2.05) is 42.5 Å². The number of carbonyl (C=O) groups excluding carboxylic acids is 1. The number of rotatable bonds is 5. The first-order valence-corrected chi connectivity index (χ1v) is 8.15.